The number of rotatable bonds is 3. The highest BCUT2D eigenvalue weighted by Gasteiger charge is 2.19. The molecule has 0 spiro atoms. The average Bonchev–Trinajstić information content (AvgIpc) is 2.01. The van der Waals surface area contributed by atoms with Crippen molar-refractivity contribution in [1.82, 2.24) is 0 Å². The lowest BCUT2D eigenvalue weighted by Gasteiger charge is -2.17. The zero-order valence-corrected chi connectivity index (χ0v) is 10.3. The highest BCUT2D eigenvalue weighted by atomic mass is 28.4. The molecule has 0 radical (unpaired) electrons. The molecule has 0 heterocycles. The molecule has 1 rings (SSSR count). The molecule has 0 fully saturated rings. The number of hydrogen-bond donors (Lipinski definition) is 2. The van der Waals surface area contributed by atoms with Crippen molar-refractivity contribution in [2.75, 3.05) is 5.32 Å². The summed E-state index contributed by atoms with van der Waals surface area (Å²) >= 11 is 0. The first-order chi connectivity index (χ1) is 6.39. The Hall–Kier alpha value is -0.803. The lowest BCUT2D eigenvalue weighted by molar-refractivity contribution is 0.568. The molecule has 0 unspecified atom stereocenters. The minimum absolute atomic E-state index is 0.425. The maximum Gasteiger partial charge on any atom is 0.214 e. The molecule has 2 nitrogen and oxygen atoms in total. The van der Waals surface area contributed by atoms with E-state index in [2.05, 4.69) is 19.2 Å². The molecule has 0 aliphatic rings. The topological polar surface area (TPSA) is 32.3 Å². The van der Waals surface area contributed by atoms with Gasteiger partial charge in [-0.25, -0.2) is 0 Å². The highest BCUT2D eigenvalue weighted by Crippen LogP contribution is 2.08. The molecule has 0 amide bonds. The number of benzene rings is 1. The van der Waals surface area contributed by atoms with Crippen molar-refractivity contribution in [3.05, 3.63) is 24.3 Å². The van der Waals surface area contributed by atoms with Crippen LogP contribution in [0.5, 0.6) is 0 Å². The number of nitrogens with one attached hydrogen (secondary N) is 1. The summed E-state index contributed by atoms with van der Waals surface area (Å²) in [6.45, 7) is 8.07. The van der Waals surface area contributed by atoms with Crippen LogP contribution in [0.25, 0.3) is 0 Å². The maximum atomic E-state index is 9.96. The summed E-state index contributed by atoms with van der Waals surface area (Å²) in [5, 5.41) is 4.40. The van der Waals surface area contributed by atoms with Gasteiger partial charge in [-0.3, -0.25) is 0 Å². The molecular weight excluding hydrogens is 190 g/mol. The van der Waals surface area contributed by atoms with Crippen LogP contribution in [0, 0.1) is 0 Å². The highest BCUT2D eigenvalue weighted by molar-refractivity contribution is 6.83. The van der Waals surface area contributed by atoms with Crippen LogP contribution >= 0.6 is 0 Å². The van der Waals surface area contributed by atoms with Gasteiger partial charge in [0.15, 0.2) is 0 Å². The summed E-state index contributed by atoms with van der Waals surface area (Å²) in [4.78, 5) is 9.96. The van der Waals surface area contributed by atoms with Crippen LogP contribution in [-0.4, -0.2) is 19.2 Å². The van der Waals surface area contributed by atoms with Gasteiger partial charge in [-0.15, -0.1) is 0 Å². The normalized spacial score (nSPS) is 11.9. The van der Waals surface area contributed by atoms with E-state index < -0.39 is 8.32 Å². The van der Waals surface area contributed by atoms with Gasteiger partial charge in [0.25, 0.3) is 0 Å². The molecule has 1 aromatic rings. The lowest BCUT2D eigenvalue weighted by atomic mass is 10.3. The zero-order valence-electron chi connectivity index (χ0n) is 9.33. The van der Waals surface area contributed by atoms with Gasteiger partial charge in [-0.1, -0.05) is 12.1 Å². The second-order valence-corrected chi connectivity index (χ2v) is 8.13. The molecule has 0 atom stereocenters. The Balaban J connectivity index is 2.90. The minimum Gasteiger partial charge on any atom is -0.428 e. The summed E-state index contributed by atoms with van der Waals surface area (Å²) in [6, 6.07) is 8.49. The molecular formula is C11H19NOSi. The molecule has 2 N–H and O–H groups in total. The van der Waals surface area contributed by atoms with Crippen molar-refractivity contribution >= 4 is 19.2 Å². The molecule has 0 aliphatic carbocycles. The van der Waals surface area contributed by atoms with Gasteiger partial charge in [0.05, 0.1) is 0 Å². The Morgan fingerprint density at radius 3 is 2.43 bits per heavy atom. The number of hydrogen-bond acceptors (Lipinski definition) is 2. The fourth-order valence-corrected chi connectivity index (χ4v) is 2.34. The molecule has 0 saturated carbocycles. The molecule has 0 saturated heterocycles. The first-order valence-electron chi connectivity index (χ1n) is 4.99. The van der Waals surface area contributed by atoms with Crippen molar-refractivity contribution < 1.29 is 4.80 Å². The van der Waals surface area contributed by atoms with E-state index >= 15 is 0 Å². The monoisotopic (exact) mass is 209 g/mol. The predicted molar refractivity (Wildman–Crippen MR) is 64.5 cm³/mol. The van der Waals surface area contributed by atoms with Crippen molar-refractivity contribution in [3.8, 4) is 0 Å². The van der Waals surface area contributed by atoms with Gasteiger partial charge in [-0.05, 0) is 44.3 Å². The van der Waals surface area contributed by atoms with E-state index in [1.165, 1.54) is 0 Å². The second-order valence-electron chi connectivity index (χ2n) is 4.44. The SMILES string of the molecule is CC(C)Nc1cccc([Si](C)(C)O)c1. The van der Waals surface area contributed by atoms with E-state index in [0.29, 0.717) is 6.04 Å². The van der Waals surface area contributed by atoms with E-state index in [-0.39, 0.29) is 0 Å². The Labute approximate surface area is 87.1 Å². The van der Waals surface area contributed by atoms with E-state index in [0.717, 1.165) is 10.9 Å². The molecule has 0 aromatic heterocycles. The smallest absolute Gasteiger partial charge is 0.214 e. The first kappa shape index (κ1) is 11.3. The Morgan fingerprint density at radius 2 is 1.93 bits per heavy atom. The Morgan fingerprint density at radius 1 is 1.29 bits per heavy atom. The molecule has 14 heavy (non-hydrogen) atoms. The molecule has 1 aromatic carbocycles. The third-order valence-corrected chi connectivity index (χ3v) is 3.75. The van der Waals surface area contributed by atoms with Crippen LogP contribution in [0.4, 0.5) is 5.69 Å². The maximum absolute atomic E-state index is 9.96. The van der Waals surface area contributed by atoms with Gasteiger partial charge < -0.3 is 10.1 Å². The van der Waals surface area contributed by atoms with Crippen LogP contribution in [0.3, 0.4) is 0 Å². The quantitative estimate of drug-likeness (QED) is 0.745. The van der Waals surface area contributed by atoms with Crippen molar-refractivity contribution in [2.45, 2.75) is 33.0 Å². The molecule has 0 aliphatic heterocycles. The molecule has 78 valence electrons. The van der Waals surface area contributed by atoms with Crippen LogP contribution in [-0.2, 0) is 0 Å². The van der Waals surface area contributed by atoms with E-state index in [1.54, 1.807) is 0 Å². The van der Waals surface area contributed by atoms with Crippen LogP contribution in [0.1, 0.15) is 13.8 Å². The second kappa shape index (κ2) is 4.15. The van der Waals surface area contributed by atoms with Crippen molar-refractivity contribution in [1.29, 1.82) is 0 Å². The standard InChI is InChI=1S/C11H19NOSi/c1-9(2)12-10-6-5-7-11(8-10)14(3,4)13/h5-9,12-13H,1-4H3. The van der Waals surface area contributed by atoms with E-state index in [1.807, 2.05) is 37.4 Å². The van der Waals surface area contributed by atoms with E-state index in [4.69, 9.17) is 0 Å². The average molecular weight is 209 g/mol. The summed E-state index contributed by atoms with van der Waals surface area (Å²) in [5.41, 5.74) is 1.09. The minimum atomic E-state index is -2.16. The van der Waals surface area contributed by atoms with Crippen molar-refractivity contribution in [3.63, 3.8) is 0 Å². The Bertz CT molecular complexity index is 304. The Kier molecular flexibility index (Phi) is 3.34. The van der Waals surface area contributed by atoms with Gasteiger partial charge in [-0.2, -0.15) is 0 Å². The van der Waals surface area contributed by atoms with Gasteiger partial charge in [0, 0.05) is 11.7 Å². The third kappa shape index (κ3) is 3.16. The van der Waals surface area contributed by atoms with Crippen LogP contribution < -0.4 is 10.5 Å². The summed E-state index contributed by atoms with van der Waals surface area (Å²) in [6.07, 6.45) is 0. The largest absolute Gasteiger partial charge is 0.428 e. The van der Waals surface area contributed by atoms with Gasteiger partial charge in [0.1, 0.15) is 0 Å². The predicted octanol–water partition coefficient (Wildman–Crippen LogP) is 1.91. The van der Waals surface area contributed by atoms with Gasteiger partial charge in [0.2, 0.25) is 8.32 Å². The molecule has 0 bridgehead atoms. The van der Waals surface area contributed by atoms with Crippen LogP contribution in [0.15, 0.2) is 24.3 Å². The third-order valence-electron chi connectivity index (χ3n) is 2.02. The van der Waals surface area contributed by atoms with Crippen molar-refractivity contribution in [2.24, 2.45) is 0 Å². The summed E-state index contributed by atoms with van der Waals surface area (Å²) in [5.74, 6) is 0. The zero-order chi connectivity index (χ0) is 10.8. The lowest BCUT2D eigenvalue weighted by Crippen LogP contribution is -2.41. The fourth-order valence-electron chi connectivity index (χ4n) is 1.32. The summed E-state index contributed by atoms with van der Waals surface area (Å²) in [7, 11) is -2.16. The fraction of sp³-hybridized carbons (Fsp3) is 0.455. The molecule has 3 heteroatoms. The number of anilines is 1. The van der Waals surface area contributed by atoms with E-state index in [9.17, 15) is 4.80 Å². The first-order valence-corrected chi connectivity index (χ1v) is 7.94. The summed E-state index contributed by atoms with van der Waals surface area (Å²) < 4.78 is 0. The van der Waals surface area contributed by atoms with Gasteiger partial charge >= 0.3 is 0 Å². The van der Waals surface area contributed by atoms with Crippen LogP contribution in [0.2, 0.25) is 13.1 Å².